The zero-order valence-corrected chi connectivity index (χ0v) is 23.6. The molecule has 0 aliphatic heterocycles. The molecule has 3 nitrogen and oxygen atoms in total. The van der Waals surface area contributed by atoms with Crippen LogP contribution in [0.25, 0.3) is 0 Å². The molecule has 0 saturated carbocycles. The third-order valence-electron chi connectivity index (χ3n) is 6.17. The Bertz CT molecular complexity index is 838. The Balaban J connectivity index is 2.41. The van der Waals surface area contributed by atoms with E-state index in [2.05, 4.69) is 88.4 Å². The number of hydrogen-bond acceptors (Lipinski definition) is 4. The predicted molar refractivity (Wildman–Crippen MR) is 150 cm³/mol. The molecule has 0 amide bonds. The van der Waals surface area contributed by atoms with Gasteiger partial charge in [0, 0.05) is 13.2 Å². The lowest BCUT2D eigenvalue weighted by Crippen LogP contribution is -2.67. The molecule has 0 aromatic heterocycles. The monoisotopic (exact) mass is 498 g/mol. The van der Waals surface area contributed by atoms with Crippen molar-refractivity contribution in [2.24, 2.45) is 0 Å². The van der Waals surface area contributed by atoms with Crippen LogP contribution in [0.15, 0.2) is 72.8 Å². The van der Waals surface area contributed by atoms with Gasteiger partial charge in [-0.2, -0.15) is 0 Å². The normalized spacial score (nSPS) is 14.3. The highest BCUT2D eigenvalue weighted by Gasteiger charge is 2.51. The minimum Gasteiger partial charge on any atom is -0.404 e. The van der Waals surface area contributed by atoms with E-state index in [1.165, 1.54) is 22.1 Å². The molecule has 0 aliphatic rings. The van der Waals surface area contributed by atoms with Gasteiger partial charge in [-0.15, -0.1) is 0 Å². The van der Waals surface area contributed by atoms with E-state index in [1.54, 1.807) is 13.2 Å². The summed E-state index contributed by atoms with van der Waals surface area (Å²) in [7, 11) is -0.863. The van der Waals surface area contributed by atoms with E-state index in [4.69, 9.17) is 9.16 Å². The Morgan fingerprint density at radius 1 is 0.971 bits per heavy atom. The van der Waals surface area contributed by atoms with Gasteiger partial charge in [0.15, 0.2) is 0 Å². The van der Waals surface area contributed by atoms with Gasteiger partial charge >= 0.3 is 0 Å². The maximum absolute atomic E-state index is 11.9. The molecule has 0 N–H and O–H groups in total. The van der Waals surface area contributed by atoms with Crippen molar-refractivity contribution in [3.8, 4) is 0 Å². The SMILES string of the molecule is CCC[C@@H](C[C@H](C/C=C/C(=O)SCC)OC)O[Si](c1ccccc1)(c1ccccc1)C(C)(C)C. The second-order valence-corrected chi connectivity index (χ2v) is 15.2. The first-order valence-corrected chi connectivity index (χ1v) is 15.3. The Hall–Kier alpha value is -1.66. The highest BCUT2D eigenvalue weighted by Crippen LogP contribution is 2.38. The first-order valence-electron chi connectivity index (χ1n) is 12.4. The molecule has 0 aliphatic carbocycles. The standard InChI is InChI=1S/C29H42O3SSi/c1-7-16-25(23-24(31-6)17-15-22-28(30)33-8-2)32-34(29(3,4)5,26-18-11-9-12-19-26)27-20-13-10-14-21-27/h9-15,18-22,24-25H,7-8,16-17,23H2,1-6H3/b22-15+/t24-,25-/m0/s1. The molecule has 0 bridgehead atoms. The molecule has 2 rings (SSSR count). The molecular formula is C29H42O3SSi. The van der Waals surface area contributed by atoms with Gasteiger partial charge in [0.1, 0.15) is 0 Å². The van der Waals surface area contributed by atoms with Crippen LogP contribution in [-0.2, 0) is 14.0 Å². The molecule has 0 heterocycles. The Kier molecular flexibility index (Phi) is 11.8. The van der Waals surface area contributed by atoms with Gasteiger partial charge < -0.3 is 9.16 Å². The van der Waals surface area contributed by atoms with Crippen molar-refractivity contribution >= 4 is 35.6 Å². The molecule has 2 aromatic rings. The second kappa shape index (κ2) is 14.0. The van der Waals surface area contributed by atoms with Crippen LogP contribution in [0.5, 0.6) is 0 Å². The molecule has 0 spiro atoms. The van der Waals surface area contributed by atoms with E-state index in [-0.39, 0.29) is 22.4 Å². The average molecular weight is 499 g/mol. The quantitative estimate of drug-likeness (QED) is 0.238. The van der Waals surface area contributed by atoms with Gasteiger partial charge in [-0.1, -0.05) is 120 Å². The number of hydrogen-bond donors (Lipinski definition) is 0. The minimum atomic E-state index is -2.62. The number of thioether (sulfide) groups is 1. The molecule has 2 aromatic carbocycles. The number of rotatable bonds is 13. The number of methoxy groups -OCH3 is 1. The summed E-state index contributed by atoms with van der Waals surface area (Å²) in [6.07, 6.45) is 7.22. The van der Waals surface area contributed by atoms with Crippen LogP contribution >= 0.6 is 11.8 Å². The van der Waals surface area contributed by atoms with E-state index >= 15 is 0 Å². The van der Waals surface area contributed by atoms with Gasteiger partial charge in [0.2, 0.25) is 5.12 Å². The Morgan fingerprint density at radius 3 is 1.97 bits per heavy atom. The highest BCUT2D eigenvalue weighted by molar-refractivity contribution is 8.14. The lowest BCUT2D eigenvalue weighted by atomic mass is 10.0. The molecule has 5 heteroatoms. The summed E-state index contributed by atoms with van der Waals surface area (Å²) in [6, 6.07) is 21.6. The van der Waals surface area contributed by atoms with E-state index in [9.17, 15) is 4.79 Å². The summed E-state index contributed by atoms with van der Waals surface area (Å²) in [6.45, 7) is 11.2. The average Bonchev–Trinajstić information content (AvgIpc) is 2.82. The van der Waals surface area contributed by atoms with Crippen LogP contribution in [0.1, 0.15) is 60.3 Å². The number of benzene rings is 2. The zero-order valence-electron chi connectivity index (χ0n) is 21.8. The third kappa shape index (κ3) is 7.67. The maximum atomic E-state index is 11.9. The summed E-state index contributed by atoms with van der Waals surface area (Å²) in [5.74, 6) is 0.793. The van der Waals surface area contributed by atoms with Gasteiger partial charge in [-0.05, 0) is 46.5 Å². The van der Waals surface area contributed by atoms with Crippen LogP contribution < -0.4 is 10.4 Å². The van der Waals surface area contributed by atoms with Crippen molar-refractivity contribution in [3.63, 3.8) is 0 Å². The van der Waals surface area contributed by atoms with E-state index in [1.807, 2.05) is 13.0 Å². The molecule has 0 saturated heterocycles. The van der Waals surface area contributed by atoms with E-state index in [0.717, 1.165) is 25.0 Å². The number of ether oxygens (including phenoxy) is 1. The zero-order chi connectivity index (χ0) is 25.0. The van der Waals surface area contributed by atoms with E-state index in [0.29, 0.717) is 6.42 Å². The Morgan fingerprint density at radius 2 is 1.53 bits per heavy atom. The predicted octanol–water partition coefficient (Wildman–Crippen LogP) is 6.36. The van der Waals surface area contributed by atoms with Crippen LogP contribution in [0, 0.1) is 0 Å². The van der Waals surface area contributed by atoms with Gasteiger partial charge in [-0.25, -0.2) is 0 Å². The van der Waals surface area contributed by atoms with Gasteiger partial charge in [0.25, 0.3) is 8.32 Å². The summed E-state index contributed by atoms with van der Waals surface area (Å²) in [4.78, 5) is 11.9. The van der Waals surface area contributed by atoms with Crippen molar-refractivity contribution < 1.29 is 14.0 Å². The van der Waals surface area contributed by atoms with Crippen molar-refractivity contribution in [1.82, 2.24) is 0 Å². The smallest absolute Gasteiger partial charge is 0.261 e. The van der Waals surface area contributed by atoms with Crippen LogP contribution in [0.4, 0.5) is 0 Å². The minimum absolute atomic E-state index is 0.00504. The third-order valence-corrected chi connectivity index (χ3v) is 12.0. The molecular weight excluding hydrogens is 456 g/mol. The molecule has 34 heavy (non-hydrogen) atoms. The van der Waals surface area contributed by atoms with Crippen molar-refractivity contribution in [2.75, 3.05) is 12.9 Å². The van der Waals surface area contributed by atoms with Crippen molar-refractivity contribution in [3.05, 3.63) is 72.8 Å². The van der Waals surface area contributed by atoms with Crippen molar-refractivity contribution in [2.45, 2.75) is 77.5 Å². The Labute approximate surface area is 212 Å². The molecule has 2 atom stereocenters. The molecule has 0 fully saturated rings. The number of carbonyl (C=O) groups is 1. The second-order valence-electron chi connectivity index (χ2n) is 9.68. The summed E-state index contributed by atoms with van der Waals surface area (Å²) >= 11 is 1.33. The largest absolute Gasteiger partial charge is 0.404 e. The molecule has 0 unspecified atom stereocenters. The molecule has 186 valence electrons. The van der Waals surface area contributed by atoms with Gasteiger partial charge in [-0.3, -0.25) is 4.79 Å². The maximum Gasteiger partial charge on any atom is 0.261 e. The lowest BCUT2D eigenvalue weighted by molar-refractivity contribution is -0.107. The van der Waals surface area contributed by atoms with E-state index < -0.39 is 8.32 Å². The van der Waals surface area contributed by atoms with Gasteiger partial charge in [0.05, 0.1) is 6.10 Å². The lowest BCUT2D eigenvalue weighted by Gasteiger charge is -2.45. The first-order chi connectivity index (χ1) is 16.3. The summed E-state index contributed by atoms with van der Waals surface area (Å²) in [5.41, 5.74) is 0. The molecule has 0 radical (unpaired) electrons. The fourth-order valence-corrected chi connectivity index (χ4v) is 9.78. The number of carbonyl (C=O) groups excluding carboxylic acids is 1. The fraction of sp³-hybridized carbons (Fsp3) is 0.483. The van der Waals surface area contributed by atoms with Crippen LogP contribution in [0.3, 0.4) is 0 Å². The summed E-state index contributed by atoms with van der Waals surface area (Å²) < 4.78 is 13.2. The summed E-state index contributed by atoms with van der Waals surface area (Å²) in [5, 5.41) is 2.64. The topological polar surface area (TPSA) is 35.5 Å². The van der Waals surface area contributed by atoms with Crippen LogP contribution in [0.2, 0.25) is 5.04 Å². The van der Waals surface area contributed by atoms with Crippen LogP contribution in [-0.4, -0.2) is 38.5 Å². The van der Waals surface area contributed by atoms with Crippen molar-refractivity contribution in [1.29, 1.82) is 0 Å². The first kappa shape index (κ1) is 28.6. The highest BCUT2D eigenvalue weighted by atomic mass is 32.2. The fourth-order valence-electron chi connectivity index (χ4n) is 4.58.